The number of rotatable bonds is 3. The first-order valence-corrected chi connectivity index (χ1v) is 7.20. The maximum absolute atomic E-state index is 11.0. The normalized spacial score (nSPS) is 11.0. The molecular formula is C15H13N3O2S. The second kappa shape index (κ2) is 5.21. The maximum Gasteiger partial charge on any atom is 0.337 e. The first kappa shape index (κ1) is 13.6. The van der Waals surface area contributed by atoms with Crippen molar-refractivity contribution in [3.63, 3.8) is 0 Å². The molecule has 106 valence electrons. The predicted octanol–water partition coefficient (Wildman–Crippen LogP) is 3.42. The zero-order chi connectivity index (χ0) is 15.0. The number of carbonyl (C=O) groups is 1. The van der Waals surface area contributed by atoms with Gasteiger partial charge in [-0.2, -0.15) is 0 Å². The lowest BCUT2D eigenvalue weighted by Crippen LogP contribution is -2.01. The summed E-state index contributed by atoms with van der Waals surface area (Å²) in [5.74, 6) is -0.962. The number of carboxylic acids is 1. The van der Waals surface area contributed by atoms with Crippen LogP contribution in [0.1, 0.15) is 21.6 Å². The minimum Gasteiger partial charge on any atom is -0.478 e. The van der Waals surface area contributed by atoms with E-state index in [9.17, 15) is 4.79 Å². The number of H-pyrrole nitrogens is 1. The Bertz CT molecular complexity index is 842. The van der Waals surface area contributed by atoms with Crippen LogP contribution in [-0.4, -0.2) is 26.0 Å². The van der Waals surface area contributed by atoms with E-state index in [-0.39, 0.29) is 5.56 Å². The molecular weight excluding hydrogens is 286 g/mol. The molecule has 2 N–H and O–H groups in total. The summed E-state index contributed by atoms with van der Waals surface area (Å²) in [5.41, 5.74) is 3.78. The van der Waals surface area contributed by atoms with Gasteiger partial charge < -0.3 is 10.1 Å². The molecule has 2 heterocycles. The molecule has 21 heavy (non-hydrogen) atoms. The quantitative estimate of drug-likeness (QED) is 0.774. The van der Waals surface area contributed by atoms with Crippen LogP contribution < -0.4 is 0 Å². The lowest BCUT2D eigenvalue weighted by Gasteiger charge is -2.02. The molecule has 2 aromatic heterocycles. The highest BCUT2D eigenvalue weighted by Gasteiger charge is 2.11. The van der Waals surface area contributed by atoms with Crippen LogP contribution in [0.5, 0.6) is 0 Å². The fourth-order valence-electron chi connectivity index (χ4n) is 2.07. The number of nitrogens with zero attached hydrogens (tertiary/aromatic N) is 2. The average Bonchev–Trinajstić information content (AvgIpc) is 2.79. The number of fused-ring (bicyclic) bond motifs is 1. The van der Waals surface area contributed by atoms with Gasteiger partial charge in [0, 0.05) is 0 Å². The van der Waals surface area contributed by atoms with Gasteiger partial charge >= 0.3 is 5.97 Å². The van der Waals surface area contributed by atoms with Gasteiger partial charge in [0.05, 0.1) is 22.3 Å². The number of aryl methyl sites for hydroxylation is 2. The van der Waals surface area contributed by atoms with Crippen molar-refractivity contribution in [3.05, 3.63) is 47.2 Å². The number of carboxylic acid groups (broad SMARTS) is 1. The molecule has 0 bridgehead atoms. The van der Waals surface area contributed by atoms with E-state index >= 15 is 0 Å². The molecule has 0 atom stereocenters. The third-order valence-corrected chi connectivity index (χ3v) is 3.93. The van der Waals surface area contributed by atoms with Gasteiger partial charge in [0.25, 0.3) is 0 Å². The number of nitrogens with one attached hydrogen (secondary N) is 1. The van der Waals surface area contributed by atoms with Crippen LogP contribution in [0.4, 0.5) is 0 Å². The molecule has 3 rings (SSSR count). The molecule has 6 heteroatoms. The van der Waals surface area contributed by atoms with Gasteiger partial charge in [-0.3, -0.25) is 0 Å². The summed E-state index contributed by atoms with van der Waals surface area (Å²) < 4.78 is 0. The third-order valence-electron chi connectivity index (χ3n) is 3.11. The highest BCUT2D eigenvalue weighted by atomic mass is 32.2. The Balaban J connectivity index is 1.91. The smallest absolute Gasteiger partial charge is 0.337 e. The molecule has 0 unspecified atom stereocenters. The number of imidazole rings is 1. The van der Waals surface area contributed by atoms with Crippen molar-refractivity contribution in [2.45, 2.75) is 24.0 Å². The van der Waals surface area contributed by atoms with E-state index in [1.54, 1.807) is 19.1 Å². The molecule has 0 spiro atoms. The molecule has 1 aromatic carbocycles. The Morgan fingerprint density at radius 2 is 2.00 bits per heavy atom. The van der Waals surface area contributed by atoms with Gasteiger partial charge in [0.15, 0.2) is 5.16 Å². The number of aromatic nitrogens is 3. The van der Waals surface area contributed by atoms with Crippen LogP contribution in [0, 0.1) is 13.8 Å². The molecule has 5 nitrogen and oxygen atoms in total. The lowest BCUT2D eigenvalue weighted by atomic mass is 10.2. The van der Waals surface area contributed by atoms with E-state index in [2.05, 4.69) is 15.0 Å². The van der Waals surface area contributed by atoms with E-state index in [4.69, 9.17) is 5.11 Å². The Labute approximate surface area is 125 Å². The van der Waals surface area contributed by atoms with Gasteiger partial charge in [0.2, 0.25) is 0 Å². The van der Waals surface area contributed by atoms with E-state index < -0.39 is 5.97 Å². The topological polar surface area (TPSA) is 78.9 Å². The van der Waals surface area contributed by atoms with E-state index in [0.29, 0.717) is 10.7 Å². The van der Waals surface area contributed by atoms with E-state index in [0.717, 1.165) is 16.2 Å². The van der Waals surface area contributed by atoms with Crippen molar-refractivity contribution in [1.82, 2.24) is 15.0 Å². The van der Waals surface area contributed by atoms with Gasteiger partial charge in [-0.15, -0.1) is 0 Å². The number of pyridine rings is 1. The Morgan fingerprint density at radius 3 is 2.71 bits per heavy atom. The molecule has 3 aromatic rings. The highest BCUT2D eigenvalue weighted by Crippen LogP contribution is 2.26. The molecule has 0 fully saturated rings. The van der Waals surface area contributed by atoms with Gasteiger partial charge in [-0.25, -0.2) is 14.8 Å². The lowest BCUT2D eigenvalue weighted by molar-refractivity contribution is 0.0695. The molecule has 0 aliphatic heterocycles. The highest BCUT2D eigenvalue weighted by molar-refractivity contribution is 7.99. The predicted molar refractivity (Wildman–Crippen MR) is 80.9 cm³/mol. The Morgan fingerprint density at radius 1 is 1.19 bits per heavy atom. The molecule has 0 aliphatic carbocycles. The molecule has 0 aliphatic rings. The minimum absolute atomic E-state index is 0.222. The fraction of sp³-hybridized carbons (Fsp3) is 0.133. The van der Waals surface area contributed by atoms with Crippen LogP contribution in [0.15, 0.2) is 40.5 Å². The minimum atomic E-state index is -0.962. The summed E-state index contributed by atoms with van der Waals surface area (Å²) in [4.78, 5) is 23.0. The summed E-state index contributed by atoms with van der Waals surface area (Å²) in [6.45, 7) is 3.72. The van der Waals surface area contributed by atoms with Crippen molar-refractivity contribution in [2.24, 2.45) is 0 Å². The zero-order valence-electron chi connectivity index (χ0n) is 11.5. The SMILES string of the molecule is Cc1ccc2nc(Sc3ccc(C(=O)O)c(C)n3)[nH]c2c1. The first-order chi connectivity index (χ1) is 10.0. The Kier molecular flexibility index (Phi) is 3.39. The second-order valence-corrected chi connectivity index (χ2v) is 5.76. The maximum atomic E-state index is 11.0. The molecule has 0 radical (unpaired) electrons. The summed E-state index contributed by atoms with van der Waals surface area (Å²) >= 11 is 1.38. The van der Waals surface area contributed by atoms with Crippen LogP contribution in [0.25, 0.3) is 11.0 Å². The van der Waals surface area contributed by atoms with Crippen molar-refractivity contribution in [3.8, 4) is 0 Å². The van der Waals surface area contributed by atoms with Crippen molar-refractivity contribution in [1.29, 1.82) is 0 Å². The van der Waals surface area contributed by atoms with Crippen molar-refractivity contribution >= 4 is 28.8 Å². The van der Waals surface area contributed by atoms with Gasteiger partial charge in [-0.1, -0.05) is 6.07 Å². The number of hydrogen-bond acceptors (Lipinski definition) is 4. The van der Waals surface area contributed by atoms with Crippen LogP contribution >= 0.6 is 11.8 Å². The van der Waals surface area contributed by atoms with E-state index in [1.165, 1.54) is 17.3 Å². The van der Waals surface area contributed by atoms with Crippen LogP contribution in [0.2, 0.25) is 0 Å². The number of hydrogen-bond donors (Lipinski definition) is 2. The van der Waals surface area contributed by atoms with Gasteiger partial charge in [-0.05, 0) is 55.4 Å². The van der Waals surface area contributed by atoms with Crippen molar-refractivity contribution < 1.29 is 9.90 Å². The van der Waals surface area contributed by atoms with Crippen LogP contribution in [-0.2, 0) is 0 Å². The number of aromatic amines is 1. The standard InChI is InChI=1S/C15H13N3O2S/c1-8-3-5-11-12(7-8)18-15(17-11)21-13-6-4-10(14(19)20)9(2)16-13/h3-7H,1-2H3,(H,17,18)(H,19,20). The molecule has 0 amide bonds. The average molecular weight is 299 g/mol. The van der Waals surface area contributed by atoms with Crippen molar-refractivity contribution in [2.75, 3.05) is 0 Å². The largest absolute Gasteiger partial charge is 0.478 e. The molecule has 0 saturated heterocycles. The summed E-state index contributed by atoms with van der Waals surface area (Å²) in [7, 11) is 0. The number of aromatic carboxylic acids is 1. The van der Waals surface area contributed by atoms with E-state index in [1.807, 2.05) is 25.1 Å². The zero-order valence-corrected chi connectivity index (χ0v) is 12.4. The first-order valence-electron chi connectivity index (χ1n) is 6.38. The third kappa shape index (κ3) is 2.75. The fourth-order valence-corrected chi connectivity index (χ4v) is 2.89. The Hall–Kier alpha value is -2.34. The second-order valence-electron chi connectivity index (χ2n) is 4.75. The summed E-state index contributed by atoms with van der Waals surface area (Å²) in [6.07, 6.45) is 0. The summed E-state index contributed by atoms with van der Waals surface area (Å²) in [6, 6.07) is 9.29. The van der Waals surface area contributed by atoms with Crippen LogP contribution in [0.3, 0.4) is 0 Å². The monoisotopic (exact) mass is 299 g/mol. The molecule has 0 saturated carbocycles. The summed E-state index contributed by atoms with van der Waals surface area (Å²) in [5, 5.41) is 10.5. The van der Waals surface area contributed by atoms with Gasteiger partial charge in [0.1, 0.15) is 5.03 Å². The number of benzene rings is 1.